The van der Waals surface area contributed by atoms with Crippen molar-refractivity contribution in [2.24, 2.45) is 0 Å². The molecule has 0 spiro atoms. The number of rotatable bonds is 3. The van der Waals surface area contributed by atoms with Gasteiger partial charge in [-0.15, -0.1) is 0 Å². The molecule has 1 N–H and O–H groups in total. The maximum Gasteiger partial charge on any atom is 0.325 e. The van der Waals surface area contributed by atoms with Crippen LogP contribution in [-0.2, 0) is 16.9 Å². The van der Waals surface area contributed by atoms with Gasteiger partial charge < -0.3 is 9.84 Å². The van der Waals surface area contributed by atoms with Gasteiger partial charge in [0.25, 0.3) is 5.91 Å². The third-order valence-electron chi connectivity index (χ3n) is 3.61. The van der Waals surface area contributed by atoms with Crippen LogP contribution in [0.4, 0.5) is 13.6 Å². The lowest BCUT2D eigenvalue weighted by molar-refractivity contribution is -0.131. The summed E-state index contributed by atoms with van der Waals surface area (Å²) < 4.78 is 31.9. The van der Waals surface area contributed by atoms with Gasteiger partial charge in [0.15, 0.2) is 5.82 Å². The molecule has 7 nitrogen and oxygen atoms in total. The minimum atomic E-state index is -1.63. The van der Waals surface area contributed by atoms with Gasteiger partial charge >= 0.3 is 6.03 Å². The van der Waals surface area contributed by atoms with Gasteiger partial charge in [-0.3, -0.25) is 9.69 Å². The second-order valence-electron chi connectivity index (χ2n) is 5.31. The first kappa shape index (κ1) is 15.1. The van der Waals surface area contributed by atoms with E-state index in [0.29, 0.717) is 11.9 Å². The molecular weight excluding hydrogens is 310 g/mol. The van der Waals surface area contributed by atoms with Gasteiger partial charge in [0, 0.05) is 11.6 Å². The largest absolute Gasteiger partial charge is 0.337 e. The number of imide groups is 1. The molecule has 1 aromatic heterocycles. The summed E-state index contributed by atoms with van der Waals surface area (Å²) in [5.41, 5.74) is -1.76. The zero-order valence-corrected chi connectivity index (χ0v) is 12.3. The van der Waals surface area contributed by atoms with Gasteiger partial charge in [0.2, 0.25) is 5.89 Å². The van der Waals surface area contributed by atoms with Crippen molar-refractivity contribution in [3.63, 3.8) is 0 Å². The first-order valence-corrected chi connectivity index (χ1v) is 6.70. The summed E-state index contributed by atoms with van der Waals surface area (Å²) in [7, 11) is 0. The van der Waals surface area contributed by atoms with Crippen LogP contribution in [0.1, 0.15) is 24.2 Å². The van der Waals surface area contributed by atoms with E-state index in [1.165, 1.54) is 6.92 Å². The Kier molecular flexibility index (Phi) is 3.35. The van der Waals surface area contributed by atoms with Gasteiger partial charge in [0.05, 0.1) is 0 Å². The highest BCUT2D eigenvalue weighted by molar-refractivity contribution is 6.07. The molecule has 1 fully saturated rings. The molecule has 0 unspecified atom stereocenters. The fourth-order valence-corrected chi connectivity index (χ4v) is 2.46. The van der Waals surface area contributed by atoms with Gasteiger partial charge in [-0.2, -0.15) is 4.98 Å². The van der Waals surface area contributed by atoms with Crippen molar-refractivity contribution in [2.45, 2.75) is 25.9 Å². The molecule has 0 saturated carbocycles. The fourth-order valence-electron chi connectivity index (χ4n) is 2.46. The number of carbonyl (C=O) groups excluding carboxylic acids is 2. The Morgan fingerprint density at radius 3 is 2.70 bits per heavy atom. The molecule has 0 aliphatic carbocycles. The molecule has 23 heavy (non-hydrogen) atoms. The van der Waals surface area contributed by atoms with E-state index in [2.05, 4.69) is 15.5 Å². The molecule has 120 valence electrons. The average molecular weight is 322 g/mol. The first-order valence-electron chi connectivity index (χ1n) is 6.70. The minimum absolute atomic E-state index is 0.0785. The number of carbonyl (C=O) groups is 2. The summed E-state index contributed by atoms with van der Waals surface area (Å²) in [6.07, 6.45) is 0. The molecule has 1 saturated heterocycles. The number of urea groups is 1. The Balaban J connectivity index is 1.93. The Hall–Kier alpha value is -2.84. The van der Waals surface area contributed by atoms with Crippen molar-refractivity contribution >= 4 is 11.9 Å². The van der Waals surface area contributed by atoms with E-state index in [1.54, 1.807) is 6.92 Å². The smallest absolute Gasteiger partial charge is 0.325 e. The standard InChI is InChI=1S/C14H12F2N4O3/c1-7-17-11(23-19-7)6-20-12(21)14(2,18-13(20)22)9-4-3-8(15)5-10(9)16/h3-5H,6H2,1-2H3,(H,18,22)/t14-/m0/s1. The summed E-state index contributed by atoms with van der Waals surface area (Å²) in [5, 5.41) is 5.99. The number of aryl methyl sites for hydroxylation is 1. The van der Waals surface area contributed by atoms with Crippen LogP contribution in [0.5, 0.6) is 0 Å². The molecule has 9 heteroatoms. The predicted molar refractivity (Wildman–Crippen MR) is 71.8 cm³/mol. The topological polar surface area (TPSA) is 88.3 Å². The van der Waals surface area contributed by atoms with Crippen LogP contribution in [0.2, 0.25) is 0 Å². The van der Waals surface area contributed by atoms with E-state index in [0.717, 1.165) is 17.0 Å². The Labute approximate surface area is 129 Å². The van der Waals surface area contributed by atoms with Crippen molar-refractivity contribution in [3.8, 4) is 0 Å². The van der Waals surface area contributed by atoms with Crippen molar-refractivity contribution < 1.29 is 22.9 Å². The molecule has 1 atom stereocenters. The van der Waals surface area contributed by atoms with Crippen molar-refractivity contribution in [2.75, 3.05) is 0 Å². The number of nitrogens with one attached hydrogen (secondary N) is 1. The lowest BCUT2D eigenvalue weighted by Crippen LogP contribution is -2.41. The third kappa shape index (κ3) is 2.43. The van der Waals surface area contributed by atoms with Crippen LogP contribution < -0.4 is 5.32 Å². The minimum Gasteiger partial charge on any atom is -0.337 e. The fraction of sp³-hybridized carbons (Fsp3) is 0.286. The van der Waals surface area contributed by atoms with E-state index < -0.39 is 29.1 Å². The maximum absolute atomic E-state index is 14.0. The van der Waals surface area contributed by atoms with Crippen LogP contribution in [-0.4, -0.2) is 27.0 Å². The molecule has 2 heterocycles. The predicted octanol–water partition coefficient (Wildman–Crippen LogP) is 1.62. The van der Waals surface area contributed by atoms with Gasteiger partial charge in [-0.1, -0.05) is 11.2 Å². The van der Waals surface area contributed by atoms with Crippen LogP contribution in [0, 0.1) is 18.6 Å². The van der Waals surface area contributed by atoms with Crippen LogP contribution in [0.3, 0.4) is 0 Å². The molecule has 3 amide bonds. The number of amides is 3. The number of hydrogen-bond acceptors (Lipinski definition) is 5. The summed E-state index contributed by atoms with van der Waals surface area (Å²) in [6, 6.07) is 2.08. The molecule has 1 aliphatic rings. The highest BCUT2D eigenvalue weighted by Gasteiger charge is 2.50. The number of aromatic nitrogens is 2. The number of halogens is 2. The summed E-state index contributed by atoms with van der Waals surface area (Å²) in [5.74, 6) is -1.94. The lowest BCUT2D eigenvalue weighted by Gasteiger charge is -2.22. The molecule has 3 rings (SSSR count). The van der Waals surface area contributed by atoms with Crippen molar-refractivity contribution in [1.82, 2.24) is 20.4 Å². The Morgan fingerprint density at radius 1 is 1.35 bits per heavy atom. The molecule has 1 aliphatic heterocycles. The Bertz CT molecular complexity index is 807. The van der Waals surface area contributed by atoms with Crippen LogP contribution in [0.15, 0.2) is 22.7 Å². The molecular formula is C14H12F2N4O3. The van der Waals surface area contributed by atoms with E-state index >= 15 is 0 Å². The Morgan fingerprint density at radius 2 is 2.09 bits per heavy atom. The van der Waals surface area contributed by atoms with E-state index in [4.69, 9.17) is 4.52 Å². The van der Waals surface area contributed by atoms with Crippen molar-refractivity contribution in [3.05, 3.63) is 47.1 Å². The highest BCUT2D eigenvalue weighted by Crippen LogP contribution is 2.31. The van der Waals surface area contributed by atoms with Gasteiger partial charge in [-0.05, 0) is 19.9 Å². The molecule has 1 aromatic carbocycles. The third-order valence-corrected chi connectivity index (χ3v) is 3.61. The highest BCUT2D eigenvalue weighted by atomic mass is 19.1. The van der Waals surface area contributed by atoms with Crippen molar-refractivity contribution in [1.29, 1.82) is 0 Å². The van der Waals surface area contributed by atoms with Crippen LogP contribution >= 0.6 is 0 Å². The number of hydrogen-bond donors (Lipinski definition) is 1. The molecule has 0 radical (unpaired) electrons. The lowest BCUT2D eigenvalue weighted by atomic mass is 9.91. The quantitative estimate of drug-likeness (QED) is 0.868. The van der Waals surface area contributed by atoms with E-state index in [9.17, 15) is 18.4 Å². The maximum atomic E-state index is 14.0. The normalized spacial score (nSPS) is 21.0. The second kappa shape index (κ2) is 5.11. The summed E-state index contributed by atoms with van der Waals surface area (Å²) in [6.45, 7) is 2.71. The number of nitrogens with zero attached hydrogens (tertiary/aromatic N) is 3. The first-order chi connectivity index (χ1) is 10.8. The monoisotopic (exact) mass is 322 g/mol. The van der Waals surface area contributed by atoms with Gasteiger partial charge in [0.1, 0.15) is 23.7 Å². The number of benzene rings is 1. The second-order valence-corrected chi connectivity index (χ2v) is 5.31. The van der Waals surface area contributed by atoms with E-state index in [-0.39, 0.29) is 18.0 Å². The van der Waals surface area contributed by atoms with Crippen LogP contribution in [0.25, 0.3) is 0 Å². The van der Waals surface area contributed by atoms with Gasteiger partial charge in [-0.25, -0.2) is 13.6 Å². The average Bonchev–Trinajstić information content (AvgIpc) is 2.96. The zero-order chi connectivity index (χ0) is 16.8. The van der Waals surface area contributed by atoms with E-state index in [1.807, 2.05) is 0 Å². The SMILES string of the molecule is Cc1noc(CN2C(=O)N[C@@](C)(c3ccc(F)cc3F)C2=O)n1. The summed E-state index contributed by atoms with van der Waals surface area (Å²) in [4.78, 5) is 29.4. The molecule has 2 aromatic rings. The molecule has 0 bridgehead atoms. The summed E-state index contributed by atoms with van der Waals surface area (Å²) >= 11 is 0. The zero-order valence-electron chi connectivity index (χ0n) is 12.3.